The van der Waals surface area contributed by atoms with Gasteiger partial charge < -0.3 is 14.4 Å². The van der Waals surface area contributed by atoms with Crippen molar-refractivity contribution in [1.82, 2.24) is 4.90 Å². The molecular formula is C21H29NO4. The van der Waals surface area contributed by atoms with Gasteiger partial charge in [0, 0.05) is 24.1 Å². The lowest BCUT2D eigenvalue weighted by atomic mass is 9.84. The summed E-state index contributed by atoms with van der Waals surface area (Å²) in [5.74, 6) is -0.583. The van der Waals surface area contributed by atoms with E-state index in [9.17, 15) is 14.4 Å². The Bertz CT molecular complexity index is 670. The highest BCUT2D eigenvalue weighted by Crippen LogP contribution is 2.44. The lowest BCUT2D eigenvalue weighted by Gasteiger charge is -2.37. The standard InChI is InChI=1S/C21H29NO4/c1-4-6-7-10-15-22-19(24)17-11-8-9-12-18(17)21(22,14-13-16(3)23)20(25)26-5-2/h8-9,11-12H,4-7,10,13-15H2,1-3H3. The molecule has 5 heteroatoms. The van der Waals surface area contributed by atoms with Gasteiger partial charge in [-0.05, 0) is 32.8 Å². The molecule has 1 aromatic rings. The summed E-state index contributed by atoms with van der Waals surface area (Å²) in [5.41, 5.74) is 0.0153. The first kappa shape index (κ1) is 20.1. The van der Waals surface area contributed by atoms with Crippen molar-refractivity contribution >= 4 is 17.7 Å². The summed E-state index contributed by atoms with van der Waals surface area (Å²) in [6.07, 6.45) is 4.51. The molecule has 0 N–H and O–H groups in total. The number of ketones is 1. The van der Waals surface area contributed by atoms with Gasteiger partial charge in [0.1, 0.15) is 5.78 Å². The van der Waals surface area contributed by atoms with Gasteiger partial charge in [-0.1, -0.05) is 44.4 Å². The third kappa shape index (κ3) is 3.81. The number of carbonyl (C=O) groups excluding carboxylic acids is 3. The molecule has 0 radical (unpaired) electrons. The molecular weight excluding hydrogens is 330 g/mol. The third-order valence-electron chi connectivity index (χ3n) is 5.00. The number of fused-ring (bicyclic) bond motifs is 1. The normalized spacial score (nSPS) is 18.7. The highest BCUT2D eigenvalue weighted by Gasteiger charge is 2.55. The summed E-state index contributed by atoms with van der Waals surface area (Å²) in [6.45, 7) is 6.12. The zero-order valence-corrected chi connectivity index (χ0v) is 16.0. The zero-order chi connectivity index (χ0) is 19.2. The molecule has 0 aliphatic carbocycles. The van der Waals surface area contributed by atoms with Crippen LogP contribution in [0.5, 0.6) is 0 Å². The van der Waals surface area contributed by atoms with E-state index in [2.05, 4.69) is 6.92 Å². The van der Waals surface area contributed by atoms with Crippen LogP contribution in [0.2, 0.25) is 0 Å². The van der Waals surface area contributed by atoms with Crippen LogP contribution in [0.25, 0.3) is 0 Å². The molecule has 1 heterocycles. The summed E-state index contributed by atoms with van der Waals surface area (Å²) in [4.78, 5) is 39.4. The van der Waals surface area contributed by atoms with Crippen molar-refractivity contribution in [2.75, 3.05) is 13.2 Å². The van der Waals surface area contributed by atoms with Crippen molar-refractivity contribution in [3.8, 4) is 0 Å². The van der Waals surface area contributed by atoms with E-state index in [1.807, 2.05) is 12.1 Å². The molecule has 26 heavy (non-hydrogen) atoms. The second-order valence-corrected chi connectivity index (χ2v) is 6.85. The number of ether oxygens (including phenoxy) is 1. The van der Waals surface area contributed by atoms with E-state index in [1.165, 1.54) is 6.92 Å². The summed E-state index contributed by atoms with van der Waals surface area (Å²) in [7, 11) is 0. The van der Waals surface area contributed by atoms with Gasteiger partial charge >= 0.3 is 5.97 Å². The molecule has 0 saturated heterocycles. The van der Waals surface area contributed by atoms with Crippen LogP contribution < -0.4 is 0 Å². The van der Waals surface area contributed by atoms with E-state index in [1.54, 1.807) is 24.0 Å². The second kappa shape index (κ2) is 8.97. The molecule has 142 valence electrons. The molecule has 0 spiro atoms. The Balaban J connectivity index is 2.46. The lowest BCUT2D eigenvalue weighted by molar-refractivity contribution is -0.157. The van der Waals surface area contributed by atoms with Gasteiger partial charge in [0.15, 0.2) is 5.54 Å². The molecule has 2 rings (SSSR count). The maximum absolute atomic E-state index is 13.1. The highest BCUT2D eigenvalue weighted by atomic mass is 16.5. The molecule has 1 aliphatic heterocycles. The monoisotopic (exact) mass is 359 g/mol. The first-order chi connectivity index (χ1) is 12.5. The number of benzene rings is 1. The average molecular weight is 359 g/mol. The maximum atomic E-state index is 13.1. The topological polar surface area (TPSA) is 63.7 Å². The predicted molar refractivity (Wildman–Crippen MR) is 99.8 cm³/mol. The van der Waals surface area contributed by atoms with Crippen LogP contribution in [0.1, 0.15) is 75.2 Å². The number of hydrogen-bond acceptors (Lipinski definition) is 4. The average Bonchev–Trinajstić information content (AvgIpc) is 2.87. The number of amides is 1. The summed E-state index contributed by atoms with van der Waals surface area (Å²) in [6, 6.07) is 7.20. The fourth-order valence-corrected chi connectivity index (χ4v) is 3.68. The quantitative estimate of drug-likeness (QED) is 0.470. The number of rotatable bonds is 10. The second-order valence-electron chi connectivity index (χ2n) is 6.85. The number of unbranched alkanes of at least 4 members (excludes halogenated alkanes) is 3. The zero-order valence-electron chi connectivity index (χ0n) is 16.0. The first-order valence-corrected chi connectivity index (χ1v) is 9.57. The van der Waals surface area contributed by atoms with Crippen LogP contribution in [0.4, 0.5) is 0 Å². The minimum absolute atomic E-state index is 0.00330. The van der Waals surface area contributed by atoms with Gasteiger partial charge in [-0.15, -0.1) is 0 Å². The Morgan fingerprint density at radius 1 is 1.12 bits per heavy atom. The summed E-state index contributed by atoms with van der Waals surface area (Å²) < 4.78 is 5.38. The summed E-state index contributed by atoms with van der Waals surface area (Å²) in [5, 5.41) is 0. The van der Waals surface area contributed by atoms with Crippen molar-refractivity contribution in [2.45, 2.75) is 64.8 Å². The van der Waals surface area contributed by atoms with Crippen LogP contribution >= 0.6 is 0 Å². The van der Waals surface area contributed by atoms with Gasteiger partial charge in [0.05, 0.1) is 6.61 Å². The molecule has 1 amide bonds. The van der Waals surface area contributed by atoms with Crippen molar-refractivity contribution in [3.63, 3.8) is 0 Å². The first-order valence-electron chi connectivity index (χ1n) is 9.57. The van der Waals surface area contributed by atoms with E-state index in [0.29, 0.717) is 17.7 Å². The molecule has 0 bridgehead atoms. The van der Waals surface area contributed by atoms with E-state index < -0.39 is 11.5 Å². The third-order valence-corrected chi connectivity index (χ3v) is 5.00. The highest BCUT2D eigenvalue weighted by molar-refractivity contribution is 6.06. The van der Waals surface area contributed by atoms with E-state index in [-0.39, 0.29) is 31.1 Å². The van der Waals surface area contributed by atoms with Gasteiger partial charge in [-0.2, -0.15) is 0 Å². The maximum Gasteiger partial charge on any atom is 0.336 e. The van der Waals surface area contributed by atoms with Gasteiger partial charge in [0.25, 0.3) is 5.91 Å². The Labute approximate surface area is 155 Å². The molecule has 1 atom stereocenters. The van der Waals surface area contributed by atoms with Crippen molar-refractivity contribution < 1.29 is 19.1 Å². The smallest absolute Gasteiger partial charge is 0.336 e. The van der Waals surface area contributed by atoms with Crippen molar-refractivity contribution in [1.29, 1.82) is 0 Å². The van der Waals surface area contributed by atoms with Crippen LogP contribution in [0, 0.1) is 0 Å². The number of Topliss-reactive ketones (excluding diaryl/α,β-unsaturated/α-hetero) is 1. The SMILES string of the molecule is CCCCCCN1C(=O)c2ccccc2C1(CCC(C)=O)C(=O)OCC. The summed E-state index contributed by atoms with van der Waals surface area (Å²) >= 11 is 0. The molecule has 1 aromatic carbocycles. The molecule has 1 unspecified atom stereocenters. The fourth-order valence-electron chi connectivity index (χ4n) is 3.68. The number of esters is 1. The van der Waals surface area contributed by atoms with Crippen molar-refractivity contribution in [3.05, 3.63) is 35.4 Å². The van der Waals surface area contributed by atoms with Crippen LogP contribution in [0.3, 0.4) is 0 Å². The largest absolute Gasteiger partial charge is 0.464 e. The predicted octanol–water partition coefficient (Wildman–Crippen LogP) is 3.85. The number of hydrogen-bond donors (Lipinski definition) is 0. The minimum Gasteiger partial charge on any atom is -0.464 e. The Morgan fingerprint density at radius 2 is 1.85 bits per heavy atom. The Morgan fingerprint density at radius 3 is 2.50 bits per heavy atom. The van der Waals surface area contributed by atoms with E-state index in [4.69, 9.17) is 4.74 Å². The van der Waals surface area contributed by atoms with Gasteiger partial charge in [-0.25, -0.2) is 4.79 Å². The van der Waals surface area contributed by atoms with E-state index in [0.717, 1.165) is 25.7 Å². The van der Waals surface area contributed by atoms with Crippen LogP contribution in [-0.4, -0.2) is 35.7 Å². The van der Waals surface area contributed by atoms with Crippen LogP contribution in [-0.2, 0) is 19.9 Å². The molecule has 0 aromatic heterocycles. The lowest BCUT2D eigenvalue weighted by Crippen LogP contribution is -2.51. The Hall–Kier alpha value is -2.17. The van der Waals surface area contributed by atoms with Crippen LogP contribution in [0.15, 0.2) is 24.3 Å². The van der Waals surface area contributed by atoms with E-state index >= 15 is 0 Å². The van der Waals surface area contributed by atoms with Crippen molar-refractivity contribution in [2.24, 2.45) is 0 Å². The number of nitrogens with zero attached hydrogens (tertiary/aromatic N) is 1. The fraction of sp³-hybridized carbons (Fsp3) is 0.571. The molecule has 1 aliphatic rings. The molecule has 0 fully saturated rings. The van der Waals surface area contributed by atoms with Gasteiger partial charge in [-0.3, -0.25) is 4.79 Å². The Kier molecular flexibility index (Phi) is 6.95. The minimum atomic E-state index is -1.19. The molecule has 0 saturated carbocycles. The number of carbonyl (C=O) groups is 3. The molecule has 5 nitrogen and oxygen atoms in total. The van der Waals surface area contributed by atoms with Gasteiger partial charge in [0.2, 0.25) is 0 Å².